The zero-order valence-electron chi connectivity index (χ0n) is 11.4. The Morgan fingerprint density at radius 2 is 2.15 bits per heavy atom. The predicted octanol–water partition coefficient (Wildman–Crippen LogP) is 3.69. The zero-order chi connectivity index (χ0) is 14.8. The van der Waals surface area contributed by atoms with Crippen LogP contribution in [0.25, 0.3) is 0 Å². The lowest BCUT2D eigenvalue weighted by Crippen LogP contribution is -2.36. The second kappa shape index (κ2) is 5.85. The highest BCUT2D eigenvalue weighted by atomic mass is 35.5. The molecule has 1 aromatic heterocycles. The van der Waals surface area contributed by atoms with E-state index in [0.29, 0.717) is 22.8 Å². The number of anilines is 1. The summed E-state index contributed by atoms with van der Waals surface area (Å²) in [5.41, 5.74) is 6.51. The van der Waals surface area contributed by atoms with Crippen molar-refractivity contribution in [3.63, 3.8) is 0 Å². The molecule has 0 aliphatic rings. The number of hydrogen-bond acceptors (Lipinski definition) is 3. The lowest BCUT2D eigenvalue weighted by atomic mass is 9.91. The molecule has 0 radical (unpaired) electrons. The molecule has 0 aliphatic heterocycles. The van der Waals surface area contributed by atoms with Gasteiger partial charge in [0.05, 0.1) is 10.6 Å². The normalized spacial score (nSPS) is 11.3. The molecule has 0 atom stereocenters. The molecular formula is C15H17ClN2OS. The molecule has 3 nitrogen and oxygen atoms in total. The van der Waals surface area contributed by atoms with Crippen LogP contribution >= 0.6 is 22.9 Å². The second-order valence-electron chi connectivity index (χ2n) is 5.28. The average Bonchev–Trinajstić information content (AvgIpc) is 2.93. The van der Waals surface area contributed by atoms with Gasteiger partial charge in [0.2, 0.25) is 0 Å². The predicted molar refractivity (Wildman–Crippen MR) is 85.5 cm³/mol. The lowest BCUT2D eigenvalue weighted by molar-refractivity contribution is 0.0946. The minimum Gasteiger partial charge on any atom is -0.399 e. The highest BCUT2D eigenvalue weighted by molar-refractivity contribution is 7.10. The van der Waals surface area contributed by atoms with Crippen LogP contribution in [0.1, 0.15) is 29.1 Å². The van der Waals surface area contributed by atoms with E-state index >= 15 is 0 Å². The van der Waals surface area contributed by atoms with E-state index in [0.717, 1.165) is 0 Å². The van der Waals surface area contributed by atoms with Crippen molar-refractivity contribution in [1.29, 1.82) is 0 Å². The quantitative estimate of drug-likeness (QED) is 0.846. The molecule has 0 saturated heterocycles. The topological polar surface area (TPSA) is 55.1 Å². The third-order valence-electron chi connectivity index (χ3n) is 3.11. The van der Waals surface area contributed by atoms with Gasteiger partial charge in [-0.05, 0) is 29.6 Å². The maximum Gasteiger partial charge on any atom is 0.252 e. The van der Waals surface area contributed by atoms with Crippen molar-refractivity contribution in [2.45, 2.75) is 19.3 Å². The number of benzene rings is 1. The maximum absolute atomic E-state index is 12.2. The Morgan fingerprint density at radius 1 is 1.40 bits per heavy atom. The van der Waals surface area contributed by atoms with E-state index < -0.39 is 0 Å². The number of thiophene rings is 1. The molecule has 1 amide bonds. The van der Waals surface area contributed by atoms with Gasteiger partial charge in [0.1, 0.15) is 0 Å². The summed E-state index contributed by atoms with van der Waals surface area (Å²) in [4.78, 5) is 13.4. The fourth-order valence-electron chi connectivity index (χ4n) is 1.86. The summed E-state index contributed by atoms with van der Waals surface area (Å²) in [5, 5.41) is 5.37. The zero-order valence-corrected chi connectivity index (χ0v) is 13.0. The van der Waals surface area contributed by atoms with Crippen LogP contribution in [0, 0.1) is 0 Å². The molecule has 1 heterocycles. The van der Waals surface area contributed by atoms with E-state index in [1.54, 1.807) is 29.5 Å². The minimum absolute atomic E-state index is 0.114. The van der Waals surface area contributed by atoms with Crippen molar-refractivity contribution >= 4 is 34.5 Å². The van der Waals surface area contributed by atoms with E-state index in [2.05, 4.69) is 25.2 Å². The van der Waals surface area contributed by atoms with Crippen LogP contribution in [-0.2, 0) is 5.41 Å². The molecule has 0 bridgehead atoms. The monoisotopic (exact) mass is 308 g/mol. The molecule has 5 heteroatoms. The average molecular weight is 309 g/mol. The van der Waals surface area contributed by atoms with E-state index in [9.17, 15) is 4.79 Å². The first-order chi connectivity index (χ1) is 9.40. The molecule has 0 saturated carbocycles. The summed E-state index contributed by atoms with van der Waals surface area (Å²) in [7, 11) is 0. The number of nitrogens with two attached hydrogens (primary N) is 1. The summed E-state index contributed by atoms with van der Waals surface area (Å²) in [6.45, 7) is 4.73. The summed E-state index contributed by atoms with van der Waals surface area (Å²) in [6, 6.07) is 8.99. The van der Waals surface area contributed by atoms with Gasteiger partial charge < -0.3 is 11.1 Å². The van der Waals surface area contributed by atoms with Crippen LogP contribution in [-0.4, -0.2) is 12.5 Å². The van der Waals surface area contributed by atoms with Gasteiger partial charge in [0, 0.05) is 22.5 Å². The number of hydrogen-bond donors (Lipinski definition) is 2. The molecule has 0 unspecified atom stereocenters. The number of nitrogens with one attached hydrogen (secondary N) is 1. The Kier molecular flexibility index (Phi) is 4.35. The van der Waals surface area contributed by atoms with E-state index in [4.69, 9.17) is 17.3 Å². The maximum atomic E-state index is 12.2. The number of rotatable bonds is 4. The molecule has 3 N–H and O–H groups in total. The third-order valence-corrected chi connectivity index (χ3v) is 4.68. The van der Waals surface area contributed by atoms with Crippen molar-refractivity contribution in [2.75, 3.05) is 12.3 Å². The van der Waals surface area contributed by atoms with Gasteiger partial charge >= 0.3 is 0 Å². The first-order valence-electron chi connectivity index (χ1n) is 6.27. The SMILES string of the molecule is CC(C)(CNC(=O)c1cc(N)ccc1Cl)c1cccs1. The molecule has 0 spiro atoms. The molecule has 106 valence electrons. The lowest BCUT2D eigenvalue weighted by Gasteiger charge is -2.23. The number of halogens is 1. The summed E-state index contributed by atoms with van der Waals surface area (Å²) < 4.78 is 0. The van der Waals surface area contributed by atoms with Gasteiger partial charge in [0.25, 0.3) is 5.91 Å². The van der Waals surface area contributed by atoms with Crippen molar-refractivity contribution < 1.29 is 4.79 Å². The number of carbonyl (C=O) groups is 1. The standard InChI is InChI=1S/C15H17ClN2OS/c1-15(2,13-4-3-7-20-13)9-18-14(19)11-8-10(17)5-6-12(11)16/h3-8H,9,17H2,1-2H3,(H,18,19). The van der Waals surface area contributed by atoms with Crippen molar-refractivity contribution in [2.24, 2.45) is 0 Å². The second-order valence-corrected chi connectivity index (χ2v) is 6.64. The number of carbonyl (C=O) groups excluding carboxylic acids is 1. The van der Waals surface area contributed by atoms with E-state index in [1.807, 2.05) is 11.4 Å². The summed E-state index contributed by atoms with van der Waals surface area (Å²) >= 11 is 7.71. The fraction of sp³-hybridized carbons (Fsp3) is 0.267. The Morgan fingerprint density at radius 3 is 2.80 bits per heavy atom. The van der Waals surface area contributed by atoms with Crippen LogP contribution in [0.3, 0.4) is 0 Å². The van der Waals surface area contributed by atoms with Crippen LogP contribution in [0.2, 0.25) is 5.02 Å². The highest BCUT2D eigenvalue weighted by Gasteiger charge is 2.23. The Balaban J connectivity index is 2.07. The molecule has 0 aliphatic carbocycles. The minimum atomic E-state index is -0.202. The molecule has 2 aromatic rings. The third kappa shape index (κ3) is 3.32. The first-order valence-corrected chi connectivity index (χ1v) is 7.53. The van der Waals surface area contributed by atoms with Crippen LogP contribution in [0.15, 0.2) is 35.7 Å². The fourth-order valence-corrected chi connectivity index (χ4v) is 2.92. The van der Waals surface area contributed by atoms with Gasteiger partial charge in [-0.3, -0.25) is 4.79 Å². The largest absolute Gasteiger partial charge is 0.399 e. The first kappa shape index (κ1) is 14.9. The van der Waals surface area contributed by atoms with Gasteiger partial charge in [-0.15, -0.1) is 11.3 Å². The number of amides is 1. The number of nitrogen functional groups attached to an aromatic ring is 1. The smallest absolute Gasteiger partial charge is 0.252 e. The molecule has 2 rings (SSSR count). The van der Waals surface area contributed by atoms with E-state index in [-0.39, 0.29) is 11.3 Å². The Labute approximate surface area is 127 Å². The molecule has 20 heavy (non-hydrogen) atoms. The van der Waals surface area contributed by atoms with Crippen LogP contribution in [0.5, 0.6) is 0 Å². The van der Waals surface area contributed by atoms with Gasteiger partial charge in [0.15, 0.2) is 0 Å². The van der Waals surface area contributed by atoms with Crippen molar-refractivity contribution in [1.82, 2.24) is 5.32 Å². The van der Waals surface area contributed by atoms with Crippen LogP contribution in [0.4, 0.5) is 5.69 Å². The summed E-state index contributed by atoms with van der Waals surface area (Å²) in [6.07, 6.45) is 0. The Bertz CT molecular complexity index is 608. The molecular weight excluding hydrogens is 292 g/mol. The van der Waals surface area contributed by atoms with Gasteiger partial charge in [-0.2, -0.15) is 0 Å². The van der Waals surface area contributed by atoms with Crippen LogP contribution < -0.4 is 11.1 Å². The van der Waals surface area contributed by atoms with E-state index in [1.165, 1.54) is 4.88 Å². The van der Waals surface area contributed by atoms with Crippen molar-refractivity contribution in [3.8, 4) is 0 Å². The Hall–Kier alpha value is -1.52. The van der Waals surface area contributed by atoms with Gasteiger partial charge in [-0.1, -0.05) is 31.5 Å². The molecule has 1 aromatic carbocycles. The highest BCUT2D eigenvalue weighted by Crippen LogP contribution is 2.27. The van der Waals surface area contributed by atoms with Gasteiger partial charge in [-0.25, -0.2) is 0 Å². The summed E-state index contributed by atoms with van der Waals surface area (Å²) in [5.74, 6) is -0.202. The molecule has 0 fully saturated rings. The van der Waals surface area contributed by atoms with Crippen molar-refractivity contribution in [3.05, 3.63) is 51.2 Å².